The molecule has 5 rings (SSSR count). The van der Waals surface area contributed by atoms with E-state index in [0.717, 1.165) is 16.7 Å². The quantitative estimate of drug-likeness (QED) is 0.467. The van der Waals surface area contributed by atoms with Gasteiger partial charge in [-0.15, -0.1) is 0 Å². The molecule has 0 radical (unpaired) electrons. The van der Waals surface area contributed by atoms with Crippen molar-refractivity contribution in [2.24, 2.45) is 11.8 Å². The number of nitrogens with zero attached hydrogens (tertiary/aromatic N) is 2. The van der Waals surface area contributed by atoms with E-state index in [4.69, 9.17) is 4.74 Å². The van der Waals surface area contributed by atoms with Crippen molar-refractivity contribution in [2.45, 2.75) is 51.0 Å². The Morgan fingerprint density at radius 2 is 1.89 bits per heavy atom. The van der Waals surface area contributed by atoms with Crippen molar-refractivity contribution in [2.75, 3.05) is 11.3 Å². The third-order valence-corrected chi connectivity index (χ3v) is 7.92. The number of amides is 1. The fourth-order valence-electron chi connectivity index (χ4n) is 4.56. The van der Waals surface area contributed by atoms with Crippen LogP contribution in [0, 0.1) is 18.8 Å². The average molecular weight is 533 g/mol. The van der Waals surface area contributed by atoms with Gasteiger partial charge in [-0.2, -0.15) is 4.98 Å². The number of carbonyl (C=O) groups excluding carboxylic acids is 1. The van der Waals surface area contributed by atoms with Crippen LogP contribution in [0.1, 0.15) is 54.6 Å². The number of fused-ring (bicyclic) bond motifs is 4. The van der Waals surface area contributed by atoms with Crippen LogP contribution < -0.4 is 14.8 Å². The molecule has 2 heterocycles. The Morgan fingerprint density at radius 1 is 1.11 bits per heavy atom. The molecule has 9 heteroatoms. The summed E-state index contributed by atoms with van der Waals surface area (Å²) in [4.78, 5) is 21.9. The number of benzene rings is 2. The fraction of sp³-hybridized carbons (Fsp3) is 0.345. The second-order valence-corrected chi connectivity index (χ2v) is 12.1. The fourth-order valence-corrected chi connectivity index (χ4v) is 5.55. The smallest absolute Gasteiger partial charge is 0.264 e. The monoisotopic (exact) mass is 532 g/mol. The molecule has 198 valence electrons. The molecule has 8 nitrogen and oxygen atoms in total. The molecule has 0 saturated heterocycles. The summed E-state index contributed by atoms with van der Waals surface area (Å²) in [5.41, 5.74) is 3.67. The Balaban J connectivity index is 1.62. The minimum absolute atomic E-state index is 0.0507. The van der Waals surface area contributed by atoms with Crippen molar-refractivity contribution in [1.29, 1.82) is 0 Å². The van der Waals surface area contributed by atoms with E-state index >= 15 is 0 Å². The largest absolute Gasteiger partial charge is 0.475 e. The zero-order valence-corrected chi connectivity index (χ0v) is 22.6. The molecule has 1 aromatic heterocycles. The van der Waals surface area contributed by atoms with Gasteiger partial charge in [0.05, 0.1) is 16.6 Å². The maximum Gasteiger partial charge on any atom is 0.264 e. The van der Waals surface area contributed by atoms with Crippen LogP contribution in [0.5, 0.6) is 5.88 Å². The number of anilines is 1. The van der Waals surface area contributed by atoms with Gasteiger partial charge < -0.3 is 10.1 Å². The molecule has 2 aromatic carbocycles. The standard InChI is InChI=1S/C29H32N4O4S/c1-18(2)14-23-17-37-26-16-25(27-19(3)6-4-7-21(27)13-12-20-10-11-20)31-29(32-26)33-38(35,36)24-9-5-8-22(15-24)28(34)30-23/h4-9,12-13,15-16,18,20,23H,10-11,14,17H2,1-3H3,(H,30,34)(H,31,32,33)/b13-12+/t23-/m1/s1. The third kappa shape index (κ3) is 6.05. The molecule has 1 saturated carbocycles. The van der Waals surface area contributed by atoms with Gasteiger partial charge in [0.1, 0.15) is 6.61 Å². The molecule has 0 unspecified atom stereocenters. The third-order valence-electron chi connectivity index (χ3n) is 6.59. The van der Waals surface area contributed by atoms with Crippen molar-refractivity contribution in [3.8, 4) is 17.1 Å². The van der Waals surface area contributed by atoms with Crippen molar-refractivity contribution >= 4 is 28.0 Å². The zero-order valence-electron chi connectivity index (χ0n) is 21.8. The van der Waals surface area contributed by atoms with Crippen molar-refractivity contribution in [3.05, 3.63) is 71.3 Å². The van der Waals surface area contributed by atoms with E-state index < -0.39 is 10.0 Å². The van der Waals surface area contributed by atoms with Crippen LogP contribution in [-0.4, -0.2) is 36.9 Å². The van der Waals surface area contributed by atoms with Crippen LogP contribution >= 0.6 is 0 Å². The molecule has 0 spiro atoms. The van der Waals surface area contributed by atoms with Gasteiger partial charge in [-0.3, -0.25) is 4.79 Å². The predicted molar refractivity (Wildman–Crippen MR) is 147 cm³/mol. The first-order valence-electron chi connectivity index (χ1n) is 12.9. The minimum Gasteiger partial charge on any atom is -0.475 e. The molecule has 1 atom stereocenters. The summed E-state index contributed by atoms with van der Waals surface area (Å²) in [6.07, 6.45) is 7.40. The number of allylic oxidation sites excluding steroid dienone is 1. The maximum atomic E-state index is 13.3. The molecule has 4 bridgehead atoms. The lowest BCUT2D eigenvalue weighted by Crippen LogP contribution is -2.40. The first-order valence-corrected chi connectivity index (χ1v) is 14.4. The molecule has 2 N–H and O–H groups in total. The number of rotatable bonds is 5. The number of carbonyl (C=O) groups is 1. The molecule has 1 aliphatic heterocycles. The summed E-state index contributed by atoms with van der Waals surface area (Å²) in [5.74, 6) is 0.677. The number of hydrogen-bond donors (Lipinski definition) is 2. The number of hydrogen-bond acceptors (Lipinski definition) is 6. The number of aromatic nitrogens is 2. The van der Waals surface area contributed by atoms with Crippen LogP contribution in [-0.2, 0) is 10.0 Å². The molecule has 1 aliphatic carbocycles. The van der Waals surface area contributed by atoms with Gasteiger partial charge in [0.2, 0.25) is 11.8 Å². The zero-order chi connectivity index (χ0) is 26.9. The normalized spacial score (nSPS) is 19.1. The highest BCUT2D eigenvalue weighted by atomic mass is 32.2. The summed E-state index contributed by atoms with van der Waals surface area (Å²) >= 11 is 0. The molecule has 1 amide bonds. The van der Waals surface area contributed by atoms with Crippen LogP contribution in [0.25, 0.3) is 17.3 Å². The predicted octanol–water partition coefficient (Wildman–Crippen LogP) is 5.21. The van der Waals surface area contributed by atoms with E-state index in [-0.39, 0.29) is 40.8 Å². The molecular weight excluding hydrogens is 500 g/mol. The number of nitrogens with one attached hydrogen (secondary N) is 2. The number of sulfonamides is 1. The van der Waals surface area contributed by atoms with Gasteiger partial charge in [-0.1, -0.05) is 50.3 Å². The van der Waals surface area contributed by atoms with Crippen LogP contribution in [0.15, 0.2) is 59.5 Å². The Labute approximate surface area is 223 Å². The lowest BCUT2D eigenvalue weighted by molar-refractivity contribution is 0.0913. The van der Waals surface area contributed by atoms with Crippen molar-refractivity contribution in [3.63, 3.8) is 0 Å². The topological polar surface area (TPSA) is 110 Å². The summed E-state index contributed by atoms with van der Waals surface area (Å²) in [6, 6.07) is 13.4. The van der Waals surface area contributed by atoms with Gasteiger partial charge in [-0.05, 0) is 67.3 Å². The van der Waals surface area contributed by atoms with Crippen LogP contribution in [0.3, 0.4) is 0 Å². The average Bonchev–Trinajstić information content (AvgIpc) is 3.69. The molecule has 3 aromatic rings. The molecule has 2 aliphatic rings. The van der Waals surface area contributed by atoms with E-state index in [0.29, 0.717) is 24.0 Å². The van der Waals surface area contributed by atoms with E-state index in [1.165, 1.54) is 25.0 Å². The van der Waals surface area contributed by atoms with E-state index in [2.05, 4.69) is 46.0 Å². The second kappa shape index (κ2) is 10.6. The Morgan fingerprint density at radius 3 is 2.66 bits per heavy atom. The first-order chi connectivity index (χ1) is 18.2. The summed E-state index contributed by atoms with van der Waals surface area (Å²) in [5, 5.41) is 3.00. The highest BCUT2D eigenvalue weighted by Crippen LogP contribution is 2.34. The van der Waals surface area contributed by atoms with Crippen molar-refractivity contribution in [1.82, 2.24) is 15.3 Å². The summed E-state index contributed by atoms with van der Waals surface area (Å²) in [7, 11) is -4.07. The Kier molecular flexibility index (Phi) is 7.21. The van der Waals surface area contributed by atoms with Crippen molar-refractivity contribution < 1.29 is 17.9 Å². The van der Waals surface area contributed by atoms with Crippen LogP contribution in [0.2, 0.25) is 0 Å². The molecule has 38 heavy (non-hydrogen) atoms. The maximum absolute atomic E-state index is 13.3. The van der Waals surface area contributed by atoms with Gasteiger partial charge >= 0.3 is 0 Å². The van der Waals surface area contributed by atoms with Gasteiger partial charge in [0, 0.05) is 17.2 Å². The van der Waals surface area contributed by atoms with Gasteiger partial charge in [-0.25, -0.2) is 18.1 Å². The first kappa shape index (κ1) is 25.9. The molecule has 1 fully saturated rings. The highest BCUT2D eigenvalue weighted by molar-refractivity contribution is 7.92. The summed E-state index contributed by atoms with van der Waals surface area (Å²) in [6.45, 7) is 6.31. The van der Waals surface area contributed by atoms with E-state index in [9.17, 15) is 13.2 Å². The van der Waals surface area contributed by atoms with Crippen LogP contribution in [0.4, 0.5) is 5.95 Å². The highest BCUT2D eigenvalue weighted by Gasteiger charge is 2.23. The van der Waals surface area contributed by atoms with Gasteiger partial charge in [0.15, 0.2) is 0 Å². The Hall–Kier alpha value is -3.72. The number of ether oxygens (including phenoxy) is 1. The molecular formula is C29H32N4O4S. The second-order valence-electron chi connectivity index (χ2n) is 10.4. The lowest BCUT2D eigenvalue weighted by Gasteiger charge is -2.21. The van der Waals surface area contributed by atoms with Gasteiger partial charge in [0.25, 0.3) is 15.9 Å². The van der Waals surface area contributed by atoms with E-state index in [1.54, 1.807) is 18.2 Å². The van der Waals surface area contributed by atoms with E-state index in [1.807, 2.05) is 25.1 Å². The Bertz CT molecular complexity index is 1500. The minimum atomic E-state index is -4.07. The summed E-state index contributed by atoms with van der Waals surface area (Å²) < 4.78 is 35.1. The number of aryl methyl sites for hydroxylation is 1. The lowest BCUT2D eigenvalue weighted by atomic mass is 9.98. The SMILES string of the molecule is Cc1cccc(/C=C/C2CC2)c1-c1cc2nc(n1)NS(=O)(=O)c1cccc(c1)C(=O)N[C@H](CC(C)C)CO2.